The molecule has 0 saturated carbocycles. The summed E-state index contributed by atoms with van der Waals surface area (Å²) in [4.78, 5) is 18.5. The Bertz CT molecular complexity index is 4260. The number of anilines is 3. The first kappa shape index (κ1) is 39.5. The standard InChI is InChI=1S/C66H40N4O/c1-3-20-42(21-4-1)63-67-64(43-37-38-59-52(39-43)62-48-27-10-9-26-47(48)51(40-60(62)71-59)46-29-17-22-41-19-7-8-25-45(41)46)69-65(68-63)50-30-18-34-56-61(50)49-28-11-12-31-53(49)66(56)54-32-13-15-35-57(54)70(44-23-5-2-6-24-44)58-36-16-14-33-55(58)66/h1-40H. The second-order valence-electron chi connectivity index (χ2n) is 18.6. The molecule has 0 radical (unpaired) electrons. The molecule has 0 bridgehead atoms. The van der Waals surface area contributed by atoms with E-state index >= 15 is 0 Å². The first-order valence-corrected chi connectivity index (χ1v) is 24.2. The third kappa shape index (κ3) is 5.72. The average Bonchev–Trinajstić information content (AvgIpc) is 3.97. The van der Waals surface area contributed by atoms with Crippen LogP contribution in [0.25, 0.3) is 99.9 Å². The lowest BCUT2D eigenvalue weighted by atomic mass is 9.64. The van der Waals surface area contributed by atoms with Crippen molar-refractivity contribution in [3.63, 3.8) is 0 Å². The Hall–Kier alpha value is -9.45. The van der Waals surface area contributed by atoms with Gasteiger partial charge < -0.3 is 9.32 Å². The van der Waals surface area contributed by atoms with Crippen LogP contribution in [-0.4, -0.2) is 15.0 Å². The minimum absolute atomic E-state index is 0.590. The summed E-state index contributed by atoms with van der Waals surface area (Å²) in [5, 5.41) is 6.81. The van der Waals surface area contributed by atoms with Crippen molar-refractivity contribution >= 4 is 60.5 Å². The van der Waals surface area contributed by atoms with E-state index < -0.39 is 5.41 Å². The highest BCUT2D eigenvalue weighted by Gasteiger charge is 2.52. The average molecular weight is 905 g/mol. The summed E-state index contributed by atoms with van der Waals surface area (Å²) in [6, 6.07) is 86.8. The number of furan rings is 1. The van der Waals surface area contributed by atoms with Gasteiger partial charge in [0.1, 0.15) is 11.2 Å². The van der Waals surface area contributed by atoms with Crippen LogP contribution in [0.1, 0.15) is 22.3 Å². The predicted octanol–water partition coefficient (Wildman–Crippen LogP) is 16.9. The third-order valence-electron chi connectivity index (χ3n) is 14.9. The smallest absolute Gasteiger partial charge is 0.164 e. The molecule has 0 amide bonds. The van der Waals surface area contributed by atoms with E-state index in [4.69, 9.17) is 19.4 Å². The number of nitrogens with zero attached hydrogens (tertiary/aromatic N) is 4. The van der Waals surface area contributed by atoms with Crippen LogP contribution in [0.5, 0.6) is 0 Å². The molecule has 0 N–H and O–H groups in total. The van der Waals surface area contributed by atoms with E-state index in [1.165, 1.54) is 49.5 Å². The van der Waals surface area contributed by atoms with E-state index in [9.17, 15) is 0 Å². The van der Waals surface area contributed by atoms with Crippen LogP contribution in [0.4, 0.5) is 17.1 Å². The second kappa shape index (κ2) is 15.3. The normalized spacial score (nSPS) is 13.2. The summed E-state index contributed by atoms with van der Waals surface area (Å²) in [5.41, 5.74) is 16.7. The Kier molecular flexibility index (Phi) is 8.51. The SMILES string of the molecule is c1ccc(-c2nc(-c3ccc4oc5cc(-c6cccc7ccccc67)c6ccccc6c5c4c3)nc(-c3cccc4c3-c3ccccc3C43c4ccccc4N(c4ccccc4)c4ccccc43)n2)cc1. The molecule has 13 aromatic rings. The number of para-hydroxylation sites is 3. The number of aromatic nitrogens is 3. The maximum atomic E-state index is 6.78. The van der Waals surface area contributed by atoms with Gasteiger partial charge in [0.05, 0.1) is 16.8 Å². The molecular formula is C66H40N4O. The minimum atomic E-state index is -0.623. The minimum Gasteiger partial charge on any atom is -0.456 e. The molecule has 15 rings (SSSR count). The molecule has 0 fully saturated rings. The molecule has 0 saturated heterocycles. The van der Waals surface area contributed by atoms with Crippen molar-refractivity contribution < 1.29 is 4.42 Å². The first-order valence-electron chi connectivity index (χ1n) is 24.2. The molecule has 2 aromatic heterocycles. The highest BCUT2D eigenvalue weighted by molar-refractivity contribution is 6.23. The number of fused-ring (bicyclic) bond motifs is 15. The topological polar surface area (TPSA) is 55.1 Å². The van der Waals surface area contributed by atoms with Crippen LogP contribution in [-0.2, 0) is 5.41 Å². The zero-order chi connectivity index (χ0) is 46.6. The van der Waals surface area contributed by atoms with Crippen molar-refractivity contribution in [2.45, 2.75) is 5.41 Å². The Morgan fingerprint density at radius 3 is 1.69 bits per heavy atom. The fourth-order valence-electron chi connectivity index (χ4n) is 12.0. The number of hydrogen-bond acceptors (Lipinski definition) is 5. The lowest BCUT2D eigenvalue weighted by Crippen LogP contribution is -2.36. The van der Waals surface area contributed by atoms with Gasteiger partial charge in [-0.25, -0.2) is 15.0 Å². The molecule has 11 aromatic carbocycles. The highest BCUT2D eigenvalue weighted by atomic mass is 16.3. The molecule has 0 unspecified atom stereocenters. The third-order valence-corrected chi connectivity index (χ3v) is 14.9. The Labute approximate surface area is 409 Å². The van der Waals surface area contributed by atoms with Crippen molar-refractivity contribution in [1.82, 2.24) is 15.0 Å². The van der Waals surface area contributed by atoms with Crippen LogP contribution < -0.4 is 4.90 Å². The monoisotopic (exact) mass is 904 g/mol. The van der Waals surface area contributed by atoms with Gasteiger partial charge in [-0.2, -0.15) is 0 Å². The Morgan fingerprint density at radius 1 is 0.338 bits per heavy atom. The lowest BCUT2D eigenvalue weighted by molar-refractivity contribution is 0.669. The molecule has 3 heterocycles. The van der Waals surface area contributed by atoms with Gasteiger partial charge in [0, 0.05) is 33.2 Å². The van der Waals surface area contributed by atoms with Crippen molar-refractivity contribution in [1.29, 1.82) is 0 Å². The number of hydrogen-bond donors (Lipinski definition) is 0. The van der Waals surface area contributed by atoms with Crippen LogP contribution in [0.2, 0.25) is 0 Å². The largest absolute Gasteiger partial charge is 0.456 e. The van der Waals surface area contributed by atoms with E-state index in [1.54, 1.807) is 0 Å². The molecule has 1 aliphatic carbocycles. The van der Waals surface area contributed by atoms with Crippen molar-refractivity contribution in [2.24, 2.45) is 0 Å². The number of rotatable bonds is 5. The van der Waals surface area contributed by atoms with Crippen molar-refractivity contribution in [2.75, 3.05) is 4.90 Å². The summed E-state index contributed by atoms with van der Waals surface area (Å²) in [5.74, 6) is 1.81. The van der Waals surface area contributed by atoms with Gasteiger partial charge in [0.25, 0.3) is 0 Å². The van der Waals surface area contributed by atoms with Gasteiger partial charge in [0.2, 0.25) is 0 Å². The maximum Gasteiger partial charge on any atom is 0.164 e. The predicted molar refractivity (Wildman–Crippen MR) is 289 cm³/mol. The van der Waals surface area contributed by atoms with Gasteiger partial charge in [-0.3, -0.25) is 0 Å². The first-order chi connectivity index (χ1) is 35.2. The van der Waals surface area contributed by atoms with Crippen LogP contribution in [0, 0.1) is 0 Å². The van der Waals surface area contributed by atoms with Crippen molar-refractivity contribution in [3.8, 4) is 56.4 Å². The van der Waals surface area contributed by atoms with Crippen LogP contribution in [0.3, 0.4) is 0 Å². The molecule has 5 heteroatoms. The summed E-state index contributed by atoms with van der Waals surface area (Å²) < 4.78 is 6.78. The Balaban J connectivity index is 0.952. The van der Waals surface area contributed by atoms with Gasteiger partial charge in [0.15, 0.2) is 17.5 Å². The summed E-state index contributed by atoms with van der Waals surface area (Å²) in [7, 11) is 0. The van der Waals surface area contributed by atoms with E-state index in [1.807, 2.05) is 18.2 Å². The Morgan fingerprint density at radius 2 is 0.901 bits per heavy atom. The van der Waals surface area contributed by atoms with E-state index in [0.717, 1.165) is 72.2 Å². The van der Waals surface area contributed by atoms with E-state index in [0.29, 0.717) is 17.5 Å². The van der Waals surface area contributed by atoms with Gasteiger partial charge >= 0.3 is 0 Å². The van der Waals surface area contributed by atoms with Gasteiger partial charge in [-0.05, 0) is 115 Å². The molecule has 0 atom stereocenters. The number of benzene rings is 11. The molecule has 330 valence electrons. The van der Waals surface area contributed by atoms with E-state index in [-0.39, 0.29) is 0 Å². The molecule has 1 aliphatic heterocycles. The van der Waals surface area contributed by atoms with Gasteiger partial charge in [-0.15, -0.1) is 0 Å². The molecule has 2 aliphatic rings. The highest BCUT2D eigenvalue weighted by Crippen LogP contribution is 2.64. The zero-order valence-corrected chi connectivity index (χ0v) is 38.3. The molecule has 1 spiro atoms. The van der Waals surface area contributed by atoms with Gasteiger partial charge in [-0.1, -0.05) is 194 Å². The maximum absolute atomic E-state index is 6.78. The molecule has 71 heavy (non-hydrogen) atoms. The molecular weight excluding hydrogens is 865 g/mol. The quantitative estimate of drug-likeness (QED) is 0.172. The van der Waals surface area contributed by atoms with E-state index in [2.05, 4.69) is 229 Å². The summed E-state index contributed by atoms with van der Waals surface area (Å²) >= 11 is 0. The van der Waals surface area contributed by atoms with Crippen LogP contribution >= 0.6 is 0 Å². The van der Waals surface area contributed by atoms with Crippen LogP contribution in [0.15, 0.2) is 247 Å². The molecule has 5 nitrogen and oxygen atoms in total. The fourth-order valence-corrected chi connectivity index (χ4v) is 12.0. The second-order valence-corrected chi connectivity index (χ2v) is 18.6. The zero-order valence-electron chi connectivity index (χ0n) is 38.3. The lowest BCUT2D eigenvalue weighted by Gasteiger charge is -2.45. The summed E-state index contributed by atoms with van der Waals surface area (Å²) in [6.07, 6.45) is 0. The summed E-state index contributed by atoms with van der Waals surface area (Å²) in [6.45, 7) is 0. The van der Waals surface area contributed by atoms with Crippen molar-refractivity contribution in [3.05, 3.63) is 265 Å². The fraction of sp³-hybridized carbons (Fsp3) is 0.0152.